The molecule has 1 amide bonds. The van der Waals surface area contributed by atoms with Crippen molar-refractivity contribution in [1.29, 1.82) is 0 Å². The van der Waals surface area contributed by atoms with Crippen LogP contribution in [0.3, 0.4) is 0 Å². The fourth-order valence-corrected chi connectivity index (χ4v) is 7.10. The molecular formula is C31H36N6O3. The molecule has 7 rings (SSSR count). The van der Waals surface area contributed by atoms with E-state index in [1.54, 1.807) is 6.92 Å². The van der Waals surface area contributed by atoms with Gasteiger partial charge >= 0.3 is 0 Å². The molecule has 2 N–H and O–H groups in total. The third-order valence-electron chi connectivity index (χ3n) is 9.03. The maximum atomic E-state index is 12.3. The van der Waals surface area contributed by atoms with E-state index in [4.69, 9.17) is 20.2 Å². The Hall–Kier alpha value is -3.56. The maximum absolute atomic E-state index is 12.3. The number of hydrogen-bond donors (Lipinski definition) is 1. The normalized spacial score (nSPS) is 26.5. The number of amides is 1. The van der Waals surface area contributed by atoms with Gasteiger partial charge in [0, 0.05) is 36.0 Å². The number of nitrogens with two attached hydrogens (primary N) is 1. The van der Waals surface area contributed by atoms with Crippen molar-refractivity contribution in [2.24, 2.45) is 5.92 Å². The summed E-state index contributed by atoms with van der Waals surface area (Å²) < 4.78 is 15.1. The first-order valence-corrected chi connectivity index (χ1v) is 14.2. The van der Waals surface area contributed by atoms with Gasteiger partial charge in [0.15, 0.2) is 5.79 Å². The molecule has 208 valence electrons. The highest BCUT2D eigenvalue weighted by atomic mass is 16.8. The zero-order valence-corrected chi connectivity index (χ0v) is 23.7. The average molecular weight is 541 g/mol. The number of hydrogen-bond acceptors (Lipinski definition) is 7. The quantitative estimate of drug-likeness (QED) is 0.391. The lowest BCUT2D eigenvalue weighted by molar-refractivity contribution is -0.160. The van der Waals surface area contributed by atoms with Crippen molar-refractivity contribution < 1.29 is 14.3 Å². The fourth-order valence-electron chi connectivity index (χ4n) is 7.10. The molecule has 0 bridgehead atoms. The number of nitrogens with zero attached hydrogens (tertiary/aromatic N) is 5. The van der Waals surface area contributed by atoms with Gasteiger partial charge < -0.3 is 19.8 Å². The first-order valence-electron chi connectivity index (χ1n) is 14.2. The number of benzene rings is 1. The van der Waals surface area contributed by atoms with E-state index in [0.717, 1.165) is 52.6 Å². The number of aromatic nitrogens is 4. The second-order valence-corrected chi connectivity index (χ2v) is 12.8. The highest BCUT2D eigenvalue weighted by Crippen LogP contribution is 2.49. The molecule has 9 nitrogen and oxygen atoms in total. The minimum atomic E-state index is -0.632. The van der Waals surface area contributed by atoms with Gasteiger partial charge in [-0.2, -0.15) is 0 Å². The Labute approximate surface area is 233 Å². The van der Waals surface area contributed by atoms with Crippen LogP contribution in [0.4, 0.5) is 11.6 Å². The molecule has 1 saturated carbocycles. The molecule has 9 heteroatoms. The predicted octanol–water partition coefficient (Wildman–Crippen LogP) is 4.92. The second-order valence-electron chi connectivity index (χ2n) is 12.8. The Morgan fingerprint density at radius 3 is 2.70 bits per heavy atom. The summed E-state index contributed by atoms with van der Waals surface area (Å²) in [6, 6.07) is 10.9. The van der Waals surface area contributed by atoms with Gasteiger partial charge in [0.1, 0.15) is 29.7 Å². The molecule has 2 aliphatic heterocycles. The van der Waals surface area contributed by atoms with Crippen LogP contribution in [0, 0.1) is 5.92 Å². The van der Waals surface area contributed by atoms with E-state index in [2.05, 4.69) is 52.6 Å². The molecule has 0 unspecified atom stereocenters. The zero-order chi connectivity index (χ0) is 28.0. The van der Waals surface area contributed by atoms with E-state index in [1.807, 2.05) is 31.0 Å². The van der Waals surface area contributed by atoms with Gasteiger partial charge in [-0.1, -0.05) is 26.0 Å². The van der Waals surface area contributed by atoms with Crippen molar-refractivity contribution >= 4 is 39.5 Å². The van der Waals surface area contributed by atoms with Crippen LogP contribution in [0.1, 0.15) is 64.6 Å². The fraction of sp³-hybridized carbons (Fsp3) is 0.484. The summed E-state index contributed by atoms with van der Waals surface area (Å²) in [7, 11) is 0. The van der Waals surface area contributed by atoms with E-state index >= 15 is 0 Å². The first kappa shape index (κ1) is 25.4. The van der Waals surface area contributed by atoms with E-state index in [9.17, 15) is 4.79 Å². The molecule has 4 aromatic rings. The number of carbonyl (C=O) groups is 1. The highest BCUT2D eigenvalue weighted by Gasteiger charge is 2.54. The van der Waals surface area contributed by atoms with Crippen LogP contribution in [-0.2, 0) is 26.1 Å². The summed E-state index contributed by atoms with van der Waals surface area (Å²) in [6.45, 7) is 10.6. The SMILES string of the molecule is CC(=O)N1CC(C)(C)c2cc3ccc(CC[C@H]4C[C@@H](n5ccc6c(N)ncnc65)[C@@H]5OC(C)(C)O[C@H]45)cc3nc21. The van der Waals surface area contributed by atoms with Gasteiger partial charge in [-0.05, 0) is 62.8 Å². The van der Waals surface area contributed by atoms with Gasteiger partial charge in [0.05, 0.1) is 23.0 Å². The van der Waals surface area contributed by atoms with Crippen LogP contribution in [0.5, 0.6) is 0 Å². The van der Waals surface area contributed by atoms with Crippen molar-refractivity contribution in [1.82, 2.24) is 19.5 Å². The number of aryl methyl sites for hydroxylation is 1. The minimum Gasteiger partial charge on any atom is -0.383 e. The standard InChI is InChI=1S/C31H36N6O3/c1-17(38)37-15-30(2,3)22-13-19-8-6-18(12-23(19)35-29(22)37)7-9-20-14-24(26-25(20)39-31(4,5)40-26)36-11-10-21-27(32)33-16-34-28(21)36/h6,8,10-13,16,20,24-26H,7,9,14-15H2,1-5H3,(H2,32,33,34)/t20-,24+,25+,26-/m0/s1. The predicted molar refractivity (Wildman–Crippen MR) is 154 cm³/mol. The molecule has 5 heterocycles. The van der Waals surface area contributed by atoms with Gasteiger partial charge in [0.2, 0.25) is 5.91 Å². The lowest BCUT2D eigenvalue weighted by Crippen LogP contribution is -2.32. The van der Waals surface area contributed by atoms with E-state index in [0.29, 0.717) is 18.3 Å². The van der Waals surface area contributed by atoms with Crippen LogP contribution >= 0.6 is 0 Å². The smallest absolute Gasteiger partial charge is 0.225 e. The number of fused-ring (bicyclic) bond motifs is 4. The number of nitrogen functional groups attached to an aromatic ring is 1. The van der Waals surface area contributed by atoms with Crippen LogP contribution < -0.4 is 10.6 Å². The second kappa shape index (κ2) is 8.72. The van der Waals surface area contributed by atoms with Crippen molar-refractivity contribution in [3.05, 3.63) is 54.0 Å². The van der Waals surface area contributed by atoms with Crippen LogP contribution in [0.25, 0.3) is 21.9 Å². The minimum absolute atomic E-state index is 0.00448. The van der Waals surface area contributed by atoms with Crippen molar-refractivity contribution in [3.63, 3.8) is 0 Å². The molecule has 1 aromatic carbocycles. The number of rotatable bonds is 4. The Bertz CT molecular complexity index is 1660. The van der Waals surface area contributed by atoms with Gasteiger partial charge in [-0.3, -0.25) is 9.69 Å². The molecule has 1 saturated heterocycles. The number of ether oxygens (including phenoxy) is 2. The molecule has 3 aromatic heterocycles. The highest BCUT2D eigenvalue weighted by molar-refractivity contribution is 5.96. The molecule has 2 fully saturated rings. The zero-order valence-electron chi connectivity index (χ0n) is 23.7. The lowest BCUT2D eigenvalue weighted by atomic mass is 9.87. The monoisotopic (exact) mass is 540 g/mol. The van der Waals surface area contributed by atoms with Gasteiger partial charge in [-0.15, -0.1) is 0 Å². The van der Waals surface area contributed by atoms with Crippen molar-refractivity contribution in [2.75, 3.05) is 17.2 Å². The largest absolute Gasteiger partial charge is 0.383 e. The number of pyridine rings is 1. The van der Waals surface area contributed by atoms with E-state index in [1.165, 1.54) is 11.9 Å². The molecular weight excluding hydrogens is 504 g/mol. The van der Waals surface area contributed by atoms with Crippen LogP contribution in [0.2, 0.25) is 0 Å². The van der Waals surface area contributed by atoms with Crippen LogP contribution in [0.15, 0.2) is 42.9 Å². The molecule has 4 atom stereocenters. The number of anilines is 2. The Morgan fingerprint density at radius 1 is 1.10 bits per heavy atom. The molecule has 0 spiro atoms. The molecule has 3 aliphatic rings. The van der Waals surface area contributed by atoms with Crippen LogP contribution in [-0.4, -0.2) is 50.0 Å². The third kappa shape index (κ3) is 3.97. The summed E-state index contributed by atoms with van der Waals surface area (Å²) >= 11 is 0. The summed E-state index contributed by atoms with van der Waals surface area (Å²) in [5.74, 6) is 1.01. The molecule has 0 radical (unpaired) electrons. The van der Waals surface area contributed by atoms with Gasteiger partial charge in [-0.25, -0.2) is 15.0 Å². The average Bonchev–Trinajstić information content (AvgIpc) is 3.61. The third-order valence-corrected chi connectivity index (χ3v) is 9.03. The topological polar surface area (TPSA) is 108 Å². The summed E-state index contributed by atoms with van der Waals surface area (Å²) in [4.78, 5) is 27.8. The Morgan fingerprint density at radius 2 is 1.90 bits per heavy atom. The Balaban J connectivity index is 1.15. The first-order chi connectivity index (χ1) is 19.0. The van der Waals surface area contributed by atoms with Crippen molar-refractivity contribution in [2.45, 2.75) is 83.3 Å². The van der Waals surface area contributed by atoms with Crippen molar-refractivity contribution in [3.8, 4) is 0 Å². The summed E-state index contributed by atoms with van der Waals surface area (Å²) in [6.07, 6.45) is 6.32. The summed E-state index contributed by atoms with van der Waals surface area (Å²) in [5.41, 5.74) is 10.1. The molecule has 1 aliphatic carbocycles. The van der Waals surface area contributed by atoms with E-state index in [-0.39, 0.29) is 29.6 Å². The Kier molecular flexibility index (Phi) is 5.54. The van der Waals surface area contributed by atoms with Gasteiger partial charge in [0.25, 0.3) is 0 Å². The number of carbonyl (C=O) groups excluding carboxylic acids is 1. The van der Waals surface area contributed by atoms with E-state index < -0.39 is 5.79 Å². The maximum Gasteiger partial charge on any atom is 0.225 e. The lowest BCUT2D eigenvalue weighted by Gasteiger charge is -2.24. The summed E-state index contributed by atoms with van der Waals surface area (Å²) in [5, 5.41) is 1.97. The molecule has 40 heavy (non-hydrogen) atoms.